The molecule has 0 aliphatic rings. The van der Waals surface area contributed by atoms with Crippen molar-refractivity contribution in [3.05, 3.63) is 36.7 Å². The molecule has 3 nitrogen and oxygen atoms in total. The van der Waals surface area contributed by atoms with Crippen molar-refractivity contribution in [3.8, 4) is 0 Å². The van der Waals surface area contributed by atoms with Gasteiger partial charge in [0.1, 0.15) is 5.52 Å². The Kier molecular flexibility index (Phi) is 2.54. The van der Waals surface area contributed by atoms with Crippen molar-refractivity contribution in [2.24, 2.45) is 4.99 Å². The highest BCUT2D eigenvalue weighted by atomic mass is 14.8. The van der Waals surface area contributed by atoms with E-state index in [1.54, 1.807) is 24.7 Å². The molecule has 1 aromatic carbocycles. The molecule has 0 unspecified atom stereocenters. The lowest BCUT2D eigenvalue weighted by atomic mass is 10.1. The van der Waals surface area contributed by atoms with Crippen LogP contribution in [0.3, 0.4) is 0 Å². The van der Waals surface area contributed by atoms with E-state index in [0.29, 0.717) is 0 Å². The first-order valence-electron chi connectivity index (χ1n) is 4.71. The number of hydrogen-bond acceptors (Lipinski definition) is 3. The fraction of sp³-hybridized carbons (Fsp3) is 0.0833. The molecule has 0 spiro atoms. The molecular formula is C12H11N3. The van der Waals surface area contributed by atoms with E-state index < -0.39 is 0 Å². The second-order valence-electron chi connectivity index (χ2n) is 3.02. The van der Waals surface area contributed by atoms with Crippen LogP contribution in [0, 0.1) is 0 Å². The molecule has 0 fully saturated rings. The van der Waals surface area contributed by atoms with Crippen molar-refractivity contribution < 1.29 is 0 Å². The third-order valence-electron chi connectivity index (χ3n) is 2.12. The third-order valence-corrected chi connectivity index (χ3v) is 2.12. The average Bonchev–Trinajstić information content (AvgIpc) is 2.30. The first-order valence-corrected chi connectivity index (χ1v) is 4.71. The summed E-state index contributed by atoms with van der Waals surface area (Å²) in [5.41, 5.74) is 3.47. The molecule has 2 aromatic rings. The molecule has 0 radical (unpaired) electrons. The SMILES string of the molecule is C=Cc1ccc2nccnc2c1/N=C\C. The molecule has 0 aliphatic carbocycles. The van der Waals surface area contributed by atoms with Crippen LogP contribution >= 0.6 is 0 Å². The van der Waals surface area contributed by atoms with E-state index in [1.807, 2.05) is 19.1 Å². The van der Waals surface area contributed by atoms with Crippen LogP contribution in [0.15, 0.2) is 36.1 Å². The summed E-state index contributed by atoms with van der Waals surface area (Å²) >= 11 is 0. The predicted octanol–water partition coefficient (Wildman–Crippen LogP) is 3.00. The summed E-state index contributed by atoms with van der Waals surface area (Å²) in [4.78, 5) is 12.8. The summed E-state index contributed by atoms with van der Waals surface area (Å²) in [7, 11) is 0. The molecule has 0 N–H and O–H groups in total. The Balaban J connectivity index is 2.84. The third kappa shape index (κ3) is 1.64. The van der Waals surface area contributed by atoms with Gasteiger partial charge in [-0.3, -0.25) is 15.0 Å². The van der Waals surface area contributed by atoms with E-state index in [1.165, 1.54) is 0 Å². The van der Waals surface area contributed by atoms with Crippen LogP contribution in [0.5, 0.6) is 0 Å². The van der Waals surface area contributed by atoms with E-state index in [2.05, 4.69) is 21.5 Å². The number of aromatic nitrogens is 2. The maximum atomic E-state index is 4.31. The minimum atomic E-state index is 0.813. The van der Waals surface area contributed by atoms with Crippen molar-refractivity contribution in [3.63, 3.8) is 0 Å². The zero-order chi connectivity index (χ0) is 10.7. The van der Waals surface area contributed by atoms with Crippen molar-refractivity contribution in [2.45, 2.75) is 6.92 Å². The van der Waals surface area contributed by atoms with E-state index in [9.17, 15) is 0 Å². The molecule has 0 saturated heterocycles. The molecular weight excluding hydrogens is 186 g/mol. The maximum absolute atomic E-state index is 4.31. The summed E-state index contributed by atoms with van der Waals surface area (Å²) in [6.45, 7) is 5.64. The van der Waals surface area contributed by atoms with E-state index in [0.717, 1.165) is 22.3 Å². The fourth-order valence-electron chi connectivity index (χ4n) is 1.47. The van der Waals surface area contributed by atoms with Gasteiger partial charge >= 0.3 is 0 Å². The number of nitrogens with zero attached hydrogens (tertiary/aromatic N) is 3. The smallest absolute Gasteiger partial charge is 0.115 e. The molecule has 3 heteroatoms. The number of hydrogen-bond donors (Lipinski definition) is 0. The van der Waals surface area contributed by atoms with Gasteiger partial charge in [-0.2, -0.15) is 0 Å². The molecule has 74 valence electrons. The molecule has 0 aliphatic heterocycles. The van der Waals surface area contributed by atoms with E-state index >= 15 is 0 Å². The van der Waals surface area contributed by atoms with Crippen molar-refractivity contribution in [1.29, 1.82) is 0 Å². The standard InChI is InChI=1S/C12H11N3/c1-3-9-5-6-10-12(11(9)13-4-2)15-8-7-14-10/h3-8H,1H2,2H3/b13-4-. The lowest BCUT2D eigenvalue weighted by Crippen LogP contribution is -1.85. The highest BCUT2D eigenvalue weighted by molar-refractivity contribution is 5.92. The molecule has 0 bridgehead atoms. The molecule has 0 amide bonds. The van der Waals surface area contributed by atoms with Crippen LogP contribution in [0.2, 0.25) is 0 Å². The monoisotopic (exact) mass is 197 g/mol. The predicted molar refractivity (Wildman–Crippen MR) is 63.5 cm³/mol. The van der Waals surface area contributed by atoms with Crippen molar-refractivity contribution in [1.82, 2.24) is 9.97 Å². The second kappa shape index (κ2) is 4.00. The van der Waals surface area contributed by atoms with Gasteiger partial charge in [-0.05, 0) is 13.0 Å². The Morgan fingerprint density at radius 1 is 1.27 bits per heavy atom. The zero-order valence-electron chi connectivity index (χ0n) is 8.51. The van der Waals surface area contributed by atoms with Gasteiger partial charge in [0.05, 0.1) is 11.2 Å². The Hall–Kier alpha value is -2.03. The highest BCUT2D eigenvalue weighted by Crippen LogP contribution is 2.27. The quantitative estimate of drug-likeness (QED) is 0.694. The highest BCUT2D eigenvalue weighted by Gasteiger charge is 2.05. The summed E-state index contributed by atoms with van der Waals surface area (Å²) in [6, 6.07) is 3.88. The summed E-state index contributed by atoms with van der Waals surface area (Å²) in [5, 5.41) is 0. The van der Waals surface area contributed by atoms with Gasteiger partial charge < -0.3 is 0 Å². The molecule has 15 heavy (non-hydrogen) atoms. The lowest BCUT2D eigenvalue weighted by Gasteiger charge is -2.03. The van der Waals surface area contributed by atoms with Gasteiger partial charge in [0.25, 0.3) is 0 Å². The van der Waals surface area contributed by atoms with Gasteiger partial charge in [-0.25, -0.2) is 0 Å². The zero-order valence-corrected chi connectivity index (χ0v) is 8.51. The molecule has 0 atom stereocenters. The number of aliphatic imine (C=N–C) groups is 1. The minimum Gasteiger partial charge on any atom is -0.259 e. The molecule has 1 heterocycles. The van der Waals surface area contributed by atoms with Crippen LogP contribution in [0.1, 0.15) is 12.5 Å². The van der Waals surface area contributed by atoms with E-state index in [4.69, 9.17) is 0 Å². The number of fused-ring (bicyclic) bond motifs is 1. The van der Waals surface area contributed by atoms with Crippen LogP contribution in [-0.2, 0) is 0 Å². The fourth-order valence-corrected chi connectivity index (χ4v) is 1.47. The molecule has 1 aromatic heterocycles. The first kappa shape index (κ1) is 9.52. The number of rotatable bonds is 2. The molecule has 2 rings (SSSR count). The Bertz CT molecular complexity index is 529. The Morgan fingerprint density at radius 3 is 2.80 bits per heavy atom. The van der Waals surface area contributed by atoms with Gasteiger partial charge in [-0.1, -0.05) is 18.7 Å². The van der Waals surface area contributed by atoms with Gasteiger partial charge in [0.15, 0.2) is 0 Å². The topological polar surface area (TPSA) is 38.1 Å². The van der Waals surface area contributed by atoms with Crippen LogP contribution in [-0.4, -0.2) is 16.2 Å². The van der Waals surface area contributed by atoms with Gasteiger partial charge in [0, 0.05) is 24.2 Å². The summed E-state index contributed by atoms with van der Waals surface area (Å²) in [6.07, 6.45) is 6.87. The minimum absolute atomic E-state index is 0.813. The number of benzene rings is 1. The second-order valence-corrected chi connectivity index (χ2v) is 3.02. The average molecular weight is 197 g/mol. The Morgan fingerprint density at radius 2 is 2.07 bits per heavy atom. The molecule has 0 saturated carbocycles. The first-order chi connectivity index (χ1) is 7.36. The Labute approximate surface area is 88.2 Å². The van der Waals surface area contributed by atoms with Gasteiger partial charge in [-0.15, -0.1) is 0 Å². The maximum Gasteiger partial charge on any atom is 0.115 e. The lowest BCUT2D eigenvalue weighted by molar-refractivity contribution is 1.29. The summed E-state index contributed by atoms with van der Waals surface area (Å²) in [5.74, 6) is 0. The van der Waals surface area contributed by atoms with Crippen LogP contribution in [0.25, 0.3) is 17.1 Å². The van der Waals surface area contributed by atoms with Crippen LogP contribution < -0.4 is 0 Å². The summed E-state index contributed by atoms with van der Waals surface area (Å²) < 4.78 is 0. The van der Waals surface area contributed by atoms with Crippen molar-refractivity contribution >= 4 is 29.0 Å². The normalized spacial score (nSPS) is 11.0. The largest absolute Gasteiger partial charge is 0.259 e. The van der Waals surface area contributed by atoms with Crippen LogP contribution in [0.4, 0.5) is 5.69 Å². The van der Waals surface area contributed by atoms with Gasteiger partial charge in [0.2, 0.25) is 0 Å². The van der Waals surface area contributed by atoms with Crippen molar-refractivity contribution in [2.75, 3.05) is 0 Å². The van der Waals surface area contributed by atoms with E-state index in [-0.39, 0.29) is 0 Å².